The molecule has 1 aromatic heterocycles. The maximum absolute atomic E-state index is 11.6. The lowest BCUT2D eigenvalue weighted by Crippen LogP contribution is -2.18. The lowest BCUT2D eigenvalue weighted by atomic mass is 10.3. The minimum Gasteiger partial charge on any atom is -0.435 e. The molecule has 0 atom stereocenters. The number of rotatable bonds is 2. The summed E-state index contributed by atoms with van der Waals surface area (Å²) in [4.78, 5) is 15.5. The predicted molar refractivity (Wildman–Crippen MR) is 63.7 cm³/mol. The molecule has 4 nitrogen and oxygen atoms in total. The molecule has 0 radical (unpaired) electrons. The van der Waals surface area contributed by atoms with Crippen LogP contribution in [-0.4, -0.2) is 9.55 Å². The van der Waals surface area contributed by atoms with Crippen molar-refractivity contribution in [1.82, 2.24) is 9.55 Å². The van der Waals surface area contributed by atoms with Crippen LogP contribution < -0.4 is 10.3 Å². The van der Waals surface area contributed by atoms with Gasteiger partial charge in [0.2, 0.25) is 0 Å². The highest BCUT2D eigenvalue weighted by Gasteiger charge is 2.05. The second-order valence-corrected chi connectivity index (χ2v) is 4.12. The molecular formula is C11H9BrN2O2. The first-order valence-electron chi connectivity index (χ1n) is 4.62. The number of halogens is 1. The van der Waals surface area contributed by atoms with Crippen molar-refractivity contribution in [2.45, 2.75) is 0 Å². The van der Waals surface area contributed by atoms with E-state index in [9.17, 15) is 4.79 Å². The van der Waals surface area contributed by atoms with Crippen molar-refractivity contribution < 1.29 is 4.74 Å². The highest BCUT2D eigenvalue weighted by molar-refractivity contribution is 9.10. The molecule has 0 unspecified atom stereocenters. The predicted octanol–water partition coefficient (Wildman–Crippen LogP) is 2.34. The summed E-state index contributed by atoms with van der Waals surface area (Å²) in [7, 11) is 1.65. The molecule has 0 aliphatic heterocycles. The topological polar surface area (TPSA) is 44.1 Å². The highest BCUT2D eigenvalue weighted by atomic mass is 79.9. The number of hydrogen-bond donors (Lipinski definition) is 0. The van der Waals surface area contributed by atoms with E-state index >= 15 is 0 Å². The number of benzene rings is 1. The van der Waals surface area contributed by atoms with E-state index in [1.54, 1.807) is 25.4 Å². The van der Waals surface area contributed by atoms with Gasteiger partial charge in [-0.25, -0.2) is 4.98 Å². The highest BCUT2D eigenvalue weighted by Crippen LogP contribution is 2.20. The lowest BCUT2D eigenvalue weighted by Gasteiger charge is -2.04. The van der Waals surface area contributed by atoms with Crippen LogP contribution in [0.15, 0.2) is 45.9 Å². The fourth-order valence-electron chi connectivity index (χ4n) is 1.19. The maximum Gasteiger partial charge on any atom is 0.313 e. The minimum atomic E-state index is -0.262. The van der Waals surface area contributed by atoms with Gasteiger partial charge in [-0.3, -0.25) is 4.79 Å². The molecule has 0 fully saturated rings. The first-order valence-corrected chi connectivity index (χ1v) is 5.41. The number of aryl methyl sites for hydroxylation is 1. The van der Waals surface area contributed by atoms with Gasteiger partial charge in [0.1, 0.15) is 5.75 Å². The van der Waals surface area contributed by atoms with Crippen molar-refractivity contribution in [3.63, 3.8) is 0 Å². The Balaban J connectivity index is 2.34. The van der Waals surface area contributed by atoms with E-state index in [0.29, 0.717) is 5.75 Å². The third kappa shape index (κ3) is 2.30. The Labute approximate surface area is 101 Å². The quantitative estimate of drug-likeness (QED) is 0.848. The summed E-state index contributed by atoms with van der Waals surface area (Å²) >= 11 is 3.32. The van der Waals surface area contributed by atoms with E-state index in [0.717, 1.165) is 4.47 Å². The zero-order chi connectivity index (χ0) is 11.5. The molecule has 0 spiro atoms. The average molecular weight is 281 g/mol. The zero-order valence-corrected chi connectivity index (χ0v) is 10.1. The van der Waals surface area contributed by atoms with Crippen molar-refractivity contribution in [3.05, 3.63) is 51.5 Å². The third-order valence-electron chi connectivity index (χ3n) is 2.00. The van der Waals surface area contributed by atoms with Gasteiger partial charge in [0.25, 0.3) is 5.88 Å². The van der Waals surface area contributed by atoms with Gasteiger partial charge >= 0.3 is 5.56 Å². The Hall–Kier alpha value is -1.62. The summed E-state index contributed by atoms with van der Waals surface area (Å²) < 4.78 is 7.70. The average Bonchev–Trinajstić information content (AvgIpc) is 2.25. The molecule has 5 heteroatoms. The Kier molecular flexibility index (Phi) is 3.05. The van der Waals surface area contributed by atoms with Gasteiger partial charge in [0, 0.05) is 23.9 Å². The summed E-state index contributed by atoms with van der Waals surface area (Å²) in [6, 6.07) is 7.24. The van der Waals surface area contributed by atoms with Crippen molar-refractivity contribution in [1.29, 1.82) is 0 Å². The summed E-state index contributed by atoms with van der Waals surface area (Å²) in [5.74, 6) is 0.647. The molecular weight excluding hydrogens is 272 g/mol. The van der Waals surface area contributed by atoms with E-state index in [-0.39, 0.29) is 11.4 Å². The molecule has 0 saturated carbocycles. The fourth-order valence-corrected chi connectivity index (χ4v) is 1.57. The Bertz CT molecular complexity index is 566. The van der Waals surface area contributed by atoms with Crippen molar-refractivity contribution >= 4 is 15.9 Å². The van der Waals surface area contributed by atoms with E-state index in [4.69, 9.17) is 4.74 Å². The van der Waals surface area contributed by atoms with Crippen LogP contribution in [0, 0.1) is 0 Å². The number of aromatic nitrogens is 2. The minimum absolute atomic E-state index is 0.0723. The van der Waals surface area contributed by atoms with Crippen LogP contribution >= 0.6 is 15.9 Å². The number of ether oxygens (including phenoxy) is 1. The van der Waals surface area contributed by atoms with Gasteiger partial charge < -0.3 is 9.30 Å². The molecule has 0 aliphatic carbocycles. The van der Waals surface area contributed by atoms with Crippen molar-refractivity contribution in [3.8, 4) is 11.6 Å². The van der Waals surface area contributed by atoms with Crippen LogP contribution in [-0.2, 0) is 7.05 Å². The monoisotopic (exact) mass is 280 g/mol. The molecule has 0 amide bonds. The summed E-state index contributed by atoms with van der Waals surface area (Å²) in [5, 5.41) is 0. The summed E-state index contributed by atoms with van der Waals surface area (Å²) in [5.41, 5.74) is -0.262. The van der Waals surface area contributed by atoms with Crippen LogP contribution in [0.3, 0.4) is 0 Å². The molecule has 2 rings (SSSR count). The Morgan fingerprint density at radius 1 is 1.44 bits per heavy atom. The van der Waals surface area contributed by atoms with E-state index in [1.807, 2.05) is 12.1 Å². The molecule has 0 aliphatic rings. The standard InChI is InChI=1S/C11H9BrN2O2/c1-14-6-5-13-10(11(14)15)16-9-4-2-3-8(12)7-9/h2-7H,1H3. The maximum atomic E-state index is 11.6. The molecule has 0 saturated heterocycles. The number of hydrogen-bond acceptors (Lipinski definition) is 3. The number of nitrogens with zero attached hydrogens (tertiary/aromatic N) is 2. The summed E-state index contributed by atoms with van der Waals surface area (Å²) in [6.45, 7) is 0. The molecule has 16 heavy (non-hydrogen) atoms. The smallest absolute Gasteiger partial charge is 0.313 e. The largest absolute Gasteiger partial charge is 0.435 e. The fraction of sp³-hybridized carbons (Fsp3) is 0.0909. The van der Waals surface area contributed by atoms with Crippen LogP contribution in [0.5, 0.6) is 11.6 Å². The van der Waals surface area contributed by atoms with E-state index in [2.05, 4.69) is 20.9 Å². The van der Waals surface area contributed by atoms with Gasteiger partial charge in [0.15, 0.2) is 0 Å². The third-order valence-corrected chi connectivity index (χ3v) is 2.49. The second-order valence-electron chi connectivity index (χ2n) is 3.21. The van der Waals surface area contributed by atoms with Crippen LogP contribution in [0.25, 0.3) is 0 Å². The lowest BCUT2D eigenvalue weighted by molar-refractivity contribution is 0.448. The van der Waals surface area contributed by atoms with Crippen LogP contribution in [0.2, 0.25) is 0 Å². The van der Waals surface area contributed by atoms with E-state index < -0.39 is 0 Å². The van der Waals surface area contributed by atoms with Gasteiger partial charge in [-0.15, -0.1) is 0 Å². The zero-order valence-electron chi connectivity index (χ0n) is 8.55. The molecule has 0 bridgehead atoms. The van der Waals surface area contributed by atoms with Gasteiger partial charge in [-0.1, -0.05) is 22.0 Å². The van der Waals surface area contributed by atoms with Crippen molar-refractivity contribution in [2.75, 3.05) is 0 Å². The van der Waals surface area contributed by atoms with Gasteiger partial charge in [0.05, 0.1) is 0 Å². The Morgan fingerprint density at radius 2 is 2.25 bits per heavy atom. The summed E-state index contributed by atoms with van der Waals surface area (Å²) in [6.07, 6.45) is 3.10. The van der Waals surface area contributed by atoms with Crippen LogP contribution in [0.1, 0.15) is 0 Å². The van der Waals surface area contributed by atoms with Gasteiger partial charge in [-0.2, -0.15) is 0 Å². The van der Waals surface area contributed by atoms with E-state index in [1.165, 1.54) is 10.8 Å². The molecule has 1 aromatic carbocycles. The van der Waals surface area contributed by atoms with Gasteiger partial charge in [-0.05, 0) is 18.2 Å². The first-order chi connectivity index (χ1) is 7.66. The Morgan fingerprint density at radius 3 is 3.00 bits per heavy atom. The second kappa shape index (κ2) is 4.49. The molecule has 1 heterocycles. The molecule has 0 N–H and O–H groups in total. The normalized spacial score (nSPS) is 10.1. The first kappa shape index (κ1) is 10.9. The molecule has 2 aromatic rings. The van der Waals surface area contributed by atoms with Crippen LogP contribution in [0.4, 0.5) is 0 Å². The molecule has 82 valence electrons. The van der Waals surface area contributed by atoms with Crippen molar-refractivity contribution in [2.24, 2.45) is 7.05 Å². The SMILES string of the molecule is Cn1ccnc(Oc2cccc(Br)c2)c1=O.